The number of aryl methyl sites for hydroxylation is 1. The fourth-order valence-electron chi connectivity index (χ4n) is 2.42. The number of nitrogens with one attached hydrogen (secondary N) is 2. The summed E-state index contributed by atoms with van der Waals surface area (Å²) in [7, 11) is 0. The fourth-order valence-corrected chi connectivity index (χ4v) is 2.42. The maximum Gasteiger partial charge on any atom is 0.251 e. The number of hydrogen-bond acceptors (Lipinski definition) is 2. The van der Waals surface area contributed by atoms with Crippen LogP contribution in [0.15, 0.2) is 54.6 Å². The van der Waals surface area contributed by atoms with Crippen LogP contribution in [-0.2, 0) is 11.2 Å². The van der Waals surface area contributed by atoms with Crippen molar-refractivity contribution in [1.29, 1.82) is 0 Å². The predicted molar refractivity (Wildman–Crippen MR) is 95.8 cm³/mol. The number of amides is 2. The Labute approximate surface area is 143 Å². The normalized spacial score (nSPS) is 11.6. The van der Waals surface area contributed by atoms with Crippen molar-refractivity contribution < 1.29 is 9.59 Å². The average Bonchev–Trinajstić information content (AvgIpc) is 2.62. The van der Waals surface area contributed by atoms with Gasteiger partial charge in [0.1, 0.15) is 0 Å². The van der Waals surface area contributed by atoms with E-state index < -0.39 is 0 Å². The highest BCUT2D eigenvalue weighted by molar-refractivity contribution is 5.94. The molecule has 0 bridgehead atoms. The zero-order chi connectivity index (χ0) is 17.4. The Balaban J connectivity index is 1.75. The van der Waals surface area contributed by atoms with Crippen LogP contribution in [0.1, 0.15) is 47.8 Å². The summed E-state index contributed by atoms with van der Waals surface area (Å²) in [5, 5.41) is 5.72. The molecular weight excluding hydrogens is 300 g/mol. The molecule has 0 fully saturated rings. The molecule has 0 aliphatic rings. The van der Waals surface area contributed by atoms with Crippen LogP contribution in [0.3, 0.4) is 0 Å². The largest absolute Gasteiger partial charge is 0.352 e. The van der Waals surface area contributed by atoms with E-state index in [1.165, 1.54) is 5.56 Å². The summed E-state index contributed by atoms with van der Waals surface area (Å²) in [4.78, 5) is 23.9. The van der Waals surface area contributed by atoms with E-state index in [0.717, 1.165) is 12.0 Å². The van der Waals surface area contributed by atoms with Gasteiger partial charge in [0.2, 0.25) is 5.91 Å². The van der Waals surface area contributed by atoms with Gasteiger partial charge in [-0.15, -0.1) is 0 Å². The topological polar surface area (TPSA) is 58.2 Å². The van der Waals surface area contributed by atoms with Crippen LogP contribution in [0.25, 0.3) is 0 Å². The maximum absolute atomic E-state index is 12.0. The van der Waals surface area contributed by atoms with E-state index in [2.05, 4.69) is 29.7 Å². The van der Waals surface area contributed by atoms with Crippen LogP contribution in [0, 0.1) is 0 Å². The quantitative estimate of drug-likeness (QED) is 0.821. The summed E-state index contributed by atoms with van der Waals surface area (Å²) in [6.07, 6.45) is 1.26. The Bertz CT molecular complexity index is 666. The van der Waals surface area contributed by atoms with E-state index in [-0.39, 0.29) is 24.3 Å². The third kappa shape index (κ3) is 5.23. The zero-order valence-corrected chi connectivity index (χ0v) is 14.2. The van der Waals surface area contributed by atoms with Crippen LogP contribution < -0.4 is 10.6 Å². The summed E-state index contributed by atoms with van der Waals surface area (Å²) in [6, 6.07) is 17.2. The van der Waals surface area contributed by atoms with Crippen molar-refractivity contribution in [1.82, 2.24) is 10.6 Å². The smallest absolute Gasteiger partial charge is 0.251 e. The molecule has 0 unspecified atom stereocenters. The first-order valence-electron chi connectivity index (χ1n) is 8.31. The maximum atomic E-state index is 12.0. The molecular formula is C20H24N2O2. The van der Waals surface area contributed by atoms with Gasteiger partial charge < -0.3 is 10.6 Å². The summed E-state index contributed by atoms with van der Waals surface area (Å²) < 4.78 is 0. The molecule has 0 spiro atoms. The van der Waals surface area contributed by atoms with E-state index in [9.17, 15) is 9.59 Å². The molecule has 0 heterocycles. The third-order valence-electron chi connectivity index (χ3n) is 3.94. The number of rotatable bonds is 7. The molecule has 2 amide bonds. The molecule has 4 nitrogen and oxygen atoms in total. The highest BCUT2D eigenvalue weighted by atomic mass is 16.2. The van der Waals surface area contributed by atoms with Gasteiger partial charge in [-0.3, -0.25) is 9.59 Å². The van der Waals surface area contributed by atoms with Crippen LogP contribution in [0.4, 0.5) is 0 Å². The van der Waals surface area contributed by atoms with E-state index in [4.69, 9.17) is 0 Å². The Kier molecular flexibility index (Phi) is 6.55. The van der Waals surface area contributed by atoms with Crippen molar-refractivity contribution in [2.45, 2.75) is 32.7 Å². The average molecular weight is 324 g/mol. The van der Waals surface area contributed by atoms with Crippen molar-refractivity contribution in [3.8, 4) is 0 Å². The lowest BCUT2D eigenvalue weighted by Crippen LogP contribution is -2.32. The van der Waals surface area contributed by atoms with Crippen molar-refractivity contribution in [2.75, 3.05) is 6.54 Å². The summed E-state index contributed by atoms with van der Waals surface area (Å²) >= 11 is 0. The van der Waals surface area contributed by atoms with Crippen LogP contribution in [0.5, 0.6) is 0 Å². The Morgan fingerprint density at radius 2 is 1.67 bits per heavy atom. The first-order valence-corrected chi connectivity index (χ1v) is 8.31. The van der Waals surface area contributed by atoms with Crippen molar-refractivity contribution in [3.05, 3.63) is 71.3 Å². The van der Waals surface area contributed by atoms with Crippen LogP contribution in [0.2, 0.25) is 0 Å². The van der Waals surface area contributed by atoms with E-state index >= 15 is 0 Å². The lowest BCUT2D eigenvalue weighted by atomic mass is 10.0. The molecule has 0 aliphatic heterocycles. The van der Waals surface area contributed by atoms with Gasteiger partial charge in [-0.2, -0.15) is 0 Å². The molecule has 0 saturated heterocycles. The van der Waals surface area contributed by atoms with Gasteiger partial charge in [0.05, 0.1) is 6.04 Å². The van der Waals surface area contributed by atoms with Gasteiger partial charge in [0.25, 0.3) is 5.91 Å². The molecule has 126 valence electrons. The number of hydrogen-bond donors (Lipinski definition) is 2. The van der Waals surface area contributed by atoms with Crippen molar-refractivity contribution >= 4 is 11.8 Å². The molecule has 4 heteroatoms. The van der Waals surface area contributed by atoms with E-state index in [1.807, 2.05) is 37.3 Å². The highest BCUT2D eigenvalue weighted by Gasteiger charge is 2.10. The SMILES string of the molecule is CCc1ccc([C@@H](C)NC(=O)CCNC(=O)c2ccccc2)cc1. The second kappa shape index (κ2) is 8.87. The lowest BCUT2D eigenvalue weighted by molar-refractivity contribution is -0.121. The number of benzene rings is 2. The molecule has 1 atom stereocenters. The second-order valence-corrected chi connectivity index (χ2v) is 5.76. The number of carbonyl (C=O) groups is 2. The molecule has 0 radical (unpaired) electrons. The summed E-state index contributed by atoms with van der Waals surface area (Å²) in [5.41, 5.74) is 2.96. The minimum absolute atomic E-state index is 0.0479. The summed E-state index contributed by atoms with van der Waals surface area (Å²) in [5.74, 6) is -0.234. The Morgan fingerprint density at radius 1 is 1.00 bits per heavy atom. The standard InChI is InChI=1S/C20H24N2O2/c1-3-16-9-11-17(12-10-16)15(2)22-19(23)13-14-21-20(24)18-7-5-4-6-8-18/h4-12,15H,3,13-14H2,1-2H3,(H,21,24)(H,22,23)/t15-/m1/s1. The van der Waals surface area contributed by atoms with Gasteiger partial charge in [0.15, 0.2) is 0 Å². The molecule has 2 aromatic carbocycles. The van der Waals surface area contributed by atoms with Gasteiger partial charge in [-0.05, 0) is 36.6 Å². The van der Waals surface area contributed by atoms with E-state index in [1.54, 1.807) is 12.1 Å². The number of carbonyl (C=O) groups excluding carboxylic acids is 2. The van der Waals surface area contributed by atoms with E-state index in [0.29, 0.717) is 12.1 Å². The monoisotopic (exact) mass is 324 g/mol. The zero-order valence-electron chi connectivity index (χ0n) is 14.2. The lowest BCUT2D eigenvalue weighted by Gasteiger charge is -2.15. The Hall–Kier alpha value is -2.62. The molecule has 24 heavy (non-hydrogen) atoms. The minimum Gasteiger partial charge on any atom is -0.352 e. The van der Waals surface area contributed by atoms with Gasteiger partial charge >= 0.3 is 0 Å². The predicted octanol–water partition coefficient (Wildman–Crippen LogP) is 3.25. The Morgan fingerprint density at radius 3 is 2.29 bits per heavy atom. The molecule has 2 N–H and O–H groups in total. The molecule has 0 aliphatic carbocycles. The van der Waals surface area contributed by atoms with Crippen molar-refractivity contribution in [2.24, 2.45) is 0 Å². The second-order valence-electron chi connectivity index (χ2n) is 5.76. The van der Waals surface area contributed by atoms with Crippen LogP contribution >= 0.6 is 0 Å². The first kappa shape index (κ1) is 17.7. The fraction of sp³-hybridized carbons (Fsp3) is 0.300. The van der Waals surface area contributed by atoms with Gasteiger partial charge in [-0.1, -0.05) is 49.4 Å². The minimum atomic E-state index is -0.161. The van der Waals surface area contributed by atoms with Gasteiger partial charge in [0, 0.05) is 18.5 Å². The highest BCUT2D eigenvalue weighted by Crippen LogP contribution is 2.13. The molecule has 2 rings (SSSR count). The van der Waals surface area contributed by atoms with Crippen molar-refractivity contribution in [3.63, 3.8) is 0 Å². The third-order valence-corrected chi connectivity index (χ3v) is 3.94. The molecule has 0 saturated carbocycles. The molecule has 0 aromatic heterocycles. The first-order chi connectivity index (χ1) is 11.6. The van der Waals surface area contributed by atoms with Gasteiger partial charge in [-0.25, -0.2) is 0 Å². The van der Waals surface area contributed by atoms with Crippen LogP contribution in [-0.4, -0.2) is 18.4 Å². The molecule has 2 aromatic rings. The summed E-state index contributed by atoms with van der Waals surface area (Å²) in [6.45, 7) is 4.40.